The number of ether oxygens (including phenoxy) is 6. The fourth-order valence-corrected chi connectivity index (χ4v) is 3.26. The summed E-state index contributed by atoms with van der Waals surface area (Å²) >= 11 is 0. The van der Waals surface area contributed by atoms with E-state index in [-0.39, 0.29) is 11.8 Å². The average Bonchev–Trinajstić information content (AvgIpc) is 2.91. The highest BCUT2D eigenvalue weighted by Crippen LogP contribution is 2.39. The Morgan fingerprint density at radius 2 is 1.81 bits per heavy atom. The van der Waals surface area contributed by atoms with E-state index in [1.54, 1.807) is 14.2 Å². The lowest BCUT2D eigenvalue weighted by Gasteiger charge is -2.41. The van der Waals surface area contributed by atoms with Crippen molar-refractivity contribution in [2.45, 2.75) is 50.3 Å². The first-order valence-electron chi connectivity index (χ1n) is 8.28. The summed E-state index contributed by atoms with van der Waals surface area (Å²) in [6, 6.07) is 5.77. The number of hydrogen-bond acceptors (Lipinski definition) is 8. The summed E-state index contributed by atoms with van der Waals surface area (Å²) in [6.45, 7) is 3.96. The van der Waals surface area contributed by atoms with E-state index in [0.717, 1.165) is 0 Å². The molecule has 2 aliphatic rings. The Labute approximate surface area is 151 Å². The quantitative estimate of drug-likeness (QED) is 0.554. The first-order chi connectivity index (χ1) is 12.3. The van der Waals surface area contributed by atoms with E-state index in [1.807, 2.05) is 13.8 Å². The molecule has 0 spiro atoms. The molecule has 0 radical (unpaired) electrons. The SMILES string of the molecule is COC[C@H]1O[C@@H](Oc2ccc([N+](=O)[O-])cc2)[C@H](OC)[C@H]2OC(C)(C)O[C@H]21. The Hall–Kier alpha value is -1.78. The van der Waals surface area contributed by atoms with E-state index < -0.39 is 35.3 Å². The molecule has 1 aromatic rings. The maximum Gasteiger partial charge on any atom is 0.269 e. The van der Waals surface area contributed by atoms with Crippen LogP contribution in [-0.4, -0.2) is 62.2 Å². The minimum Gasteiger partial charge on any atom is -0.462 e. The maximum atomic E-state index is 10.8. The third-order valence-corrected chi connectivity index (χ3v) is 4.33. The zero-order valence-electron chi connectivity index (χ0n) is 15.1. The van der Waals surface area contributed by atoms with Gasteiger partial charge in [-0.1, -0.05) is 0 Å². The van der Waals surface area contributed by atoms with Crippen LogP contribution >= 0.6 is 0 Å². The van der Waals surface area contributed by atoms with Gasteiger partial charge in [-0.2, -0.15) is 0 Å². The van der Waals surface area contributed by atoms with Crippen LogP contribution in [-0.2, 0) is 23.7 Å². The molecule has 0 bridgehead atoms. The van der Waals surface area contributed by atoms with Gasteiger partial charge in [0.2, 0.25) is 6.29 Å². The van der Waals surface area contributed by atoms with Crippen molar-refractivity contribution in [1.82, 2.24) is 0 Å². The average molecular weight is 369 g/mol. The molecule has 0 amide bonds. The maximum absolute atomic E-state index is 10.8. The summed E-state index contributed by atoms with van der Waals surface area (Å²) in [5.74, 6) is -0.348. The topological polar surface area (TPSA) is 98.5 Å². The number of hydrogen-bond donors (Lipinski definition) is 0. The highest BCUT2D eigenvalue weighted by molar-refractivity contribution is 5.36. The highest BCUT2D eigenvalue weighted by atomic mass is 16.8. The second-order valence-corrected chi connectivity index (χ2v) is 6.63. The number of nitro groups is 1. The Bertz CT molecular complexity index is 634. The van der Waals surface area contributed by atoms with Crippen molar-refractivity contribution < 1.29 is 33.3 Å². The van der Waals surface area contributed by atoms with E-state index in [1.165, 1.54) is 24.3 Å². The van der Waals surface area contributed by atoms with Gasteiger partial charge in [0, 0.05) is 26.4 Å². The molecule has 0 saturated carbocycles. The van der Waals surface area contributed by atoms with E-state index in [2.05, 4.69) is 0 Å². The lowest BCUT2D eigenvalue weighted by atomic mass is 9.99. The van der Waals surface area contributed by atoms with E-state index in [0.29, 0.717) is 12.4 Å². The molecular weight excluding hydrogens is 346 g/mol. The molecule has 9 heteroatoms. The van der Waals surface area contributed by atoms with Gasteiger partial charge in [0.25, 0.3) is 5.69 Å². The lowest BCUT2D eigenvalue weighted by molar-refractivity contribution is -0.384. The van der Waals surface area contributed by atoms with Crippen molar-refractivity contribution in [3.05, 3.63) is 34.4 Å². The molecule has 5 atom stereocenters. The van der Waals surface area contributed by atoms with Crippen molar-refractivity contribution >= 4 is 5.69 Å². The number of benzene rings is 1. The van der Waals surface area contributed by atoms with Crippen molar-refractivity contribution in [1.29, 1.82) is 0 Å². The van der Waals surface area contributed by atoms with Crippen molar-refractivity contribution in [2.75, 3.05) is 20.8 Å². The standard InChI is InChI=1S/C17H23NO8/c1-17(2)25-13-12(9-21-3)24-16(15(22-4)14(13)26-17)23-11-7-5-10(6-8-11)18(19)20/h5-8,12-16H,9H2,1-4H3/t12-,13+,14+,15-,16-/m1/s1. The minimum atomic E-state index is -0.777. The van der Waals surface area contributed by atoms with Gasteiger partial charge in [0.05, 0.1) is 11.5 Å². The summed E-state index contributed by atoms with van der Waals surface area (Å²) in [5.41, 5.74) is -0.0168. The number of nitrogens with zero attached hydrogens (tertiary/aromatic N) is 1. The zero-order valence-corrected chi connectivity index (χ0v) is 15.1. The molecule has 2 fully saturated rings. The Morgan fingerprint density at radius 1 is 1.15 bits per heavy atom. The molecule has 2 aliphatic heterocycles. The molecule has 0 aromatic heterocycles. The monoisotopic (exact) mass is 369 g/mol. The smallest absolute Gasteiger partial charge is 0.269 e. The fourth-order valence-electron chi connectivity index (χ4n) is 3.26. The largest absolute Gasteiger partial charge is 0.462 e. The molecule has 0 aliphatic carbocycles. The van der Waals surface area contributed by atoms with Crippen LogP contribution in [0.3, 0.4) is 0 Å². The van der Waals surface area contributed by atoms with Gasteiger partial charge >= 0.3 is 0 Å². The lowest BCUT2D eigenvalue weighted by Crippen LogP contribution is -2.59. The summed E-state index contributed by atoms with van der Waals surface area (Å²) in [7, 11) is 3.12. The normalized spacial score (nSPS) is 32.8. The second-order valence-electron chi connectivity index (χ2n) is 6.63. The van der Waals surface area contributed by atoms with Crippen LogP contribution in [0.15, 0.2) is 24.3 Å². The fraction of sp³-hybridized carbons (Fsp3) is 0.647. The van der Waals surface area contributed by atoms with Gasteiger partial charge in [0.15, 0.2) is 5.79 Å². The van der Waals surface area contributed by atoms with Crippen LogP contribution in [0.1, 0.15) is 13.8 Å². The van der Waals surface area contributed by atoms with Gasteiger partial charge < -0.3 is 28.4 Å². The van der Waals surface area contributed by atoms with Gasteiger partial charge in [-0.25, -0.2) is 0 Å². The molecule has 26 heavy (non-hydrogen) atoms. The van der Waals surface area contributed by atoms with Crippen molar-refractivity contribution in [3.63, 3.8) is 0 Å². The van der Waals surface area contributed by atoms with Crippen molar-refractivity contribution in [3.8, 4) is 5.75 Å². The minimum absolute atomic E-state index is 0.0168. The molecule has 0 unspecified atom stereocenters. The van der Waals surface area contributed by atoms with Crippen LogP contribution in [0.4, 0.5) is 5.69 Å². The zero-order chi connectivity index (χ0) is 18.9. The number of nitro benzene ring substituents is 1. The van der Waals surface area contributed by atoms with Crippen molar-refractivity contribution in [2.24, 2.45) is 0 Å². The molecule has 3 rings (SSSR count). The first kappa shape index (κ1) is 19.0. The molecule has 0 N–H and O–H groups in total. The first-order valence-corrected chi connectivity index (χ1v) is 8.28. The third-order valence-electron chi connectivity index (χ3n) is 4.33. The second kappa shape index (κ2) is 7.45. The number of methoxy groups -OCH3 is 2. The summed E-state index contributed by atoms with van der Waals surface area (Å²) in [6.07, 6.45) is -2.47. The van der Waals surface area contributed by atoms with Gasteiger partial charge in [-0.15, -0.1) is 0 Å². The molecule has 2 heterocycles. The molecule has 2 saturated heterocycles. The summed E-state index contributed by atoms with van der Waals surface area (Å²) in [4.78, 5) is 10.3. The van der Waals surface area contributed by atoms with Gasteiger partial charge in [-0.05, 0) is 26.0 Å². The third kappa shape index (κ3) is 3.81. The predicted octanol–water partition coefficient (Wildman–Crippen LogP) is 1.88. The Kier molecular flexibility index (Phi) is 5.44. The van der Waals surface area contributed by atoms with Crippen LogP contribution in [0.5, 0.6) is 5.75 Å². The predicted molar refractivity (Wildman–Crippen MR) is 88.9 cm³/mol. The van der Waals surface area contributed by atoms with Gasteiger partial charge in [-0.3, -0.25) is 10.1 Å². The van der Waals surface area contributed by atoms with Crippen LogP contribution in [0.2, 0.25) is 0 Å². The number of non-ortho nitro benzene ring substituents is 1. The van der Waals surface area contributed by atoms with E-state index >= 15 is 0 Å². The van der Waals surface area contributed by atoms with Crippen LogP contribution in [0, 0.1) is 10.1 Å². The molecular formula is C17H23NO8. The Morgan fingerprint density at radius 3 is 2.38 bits per heavy atom. The molecule has 144 valence electrons. The summed E-state index contributed by atoms with van der Waals surface area (Å²) in [5, 5.41) is 10.8. The van der Waals surface area contributed by atoms with E-state index in [4.69, 9.17) is 28.4 Å². The Balaban J connectivity index is 1.80. The van der Waals surface area contributed by atoms with Gasteiger partial charge in [0.1, 0.15) is 30.2 Å². The summed E-state index contributed by atoms with van der Waals surface area (Å²) < 4.78 is 34.6. The molecule has 1 aromatic carbocycles. The van der Waals surface area contributed by atoms with E-state index in [9.17, 15) is 10.1 Å². The highest BCUT2D eigenvalue weighted by Gasteiger charge is 2.56. The van der Waals surface area contributed by atoms with Crippen LogP contribution < -0.4 is 4.74 Å². The molecule has 9 nitrogen and oxygen atoms in total. The number of fused-ring (bicyclic) bond motifs is 1. The number of rotatable bonds is 6. The van der Waals surface area contributed by atoms with Crippen LogP contribution in [0.25, 0.3) is 0 Å².